The van der Waals surface area contributed by atoms with Gasteiger partial charge in [0.1, 0.15) is 5.69 Å². The van der Waals surface area contributed by atoms with Crippen molar-refractivity contribution in [1.82, 2.24) is 4.98 Å². The average molecular weight is 258 g/mol. The summed E-state index contributed by atoms with van der Waals surface area (Å²) >= 11 is 0. The number of carbonyl (C=O) groups excluding carboxylic acids is 2. The number of H-pyrrole nitrogens is 1. The second kappa shape index (κ2) is 5.97. The fourth-order valence-electron chi connectivity index (χ4n) is 1.70. The van der Waals surface area contributed by atoms with Crippen molar-refractivity contribution in [3.05, 3.63) is 53.3 Å². The number of aromatic amines is 1. The van der Waals surface area contributed by atoms with Gasteiger partial charge in [-0.25, -0.2) is 0 Å². The van der Waals surface area contributed by atoms with Crippen LogP contribution in [0, 0.1) is 0 Å². The minimum atomic E-state index is -0.303. The van der Waals surface area contributed by atoms with E-state index in [-0.39, 0.29) is 12.5 Å². The first-order valence-electron chi connectivity index (χ1n) is 5.88. The van der Waals surface area contributed by atoms with Gasteiger partial charge in [0.2, 0.25) is 0 Å². The number of nitrogens with one attached hydrogen (secondary N) is 2. The lowest BCUT2D eigenvalue weighted by Crippen LogP contribution is -2.12. The molecule has 0 unspecified atom stereocenters. The van der Waals surface area contributed by atoms with Crippen molar-refractivity contribution in [2.45, 2.75) is 6.42 Å². The number of amides is 1. The molecule has 0 radical (unpaired) electrons. The third kappa shape index (κ3) is 3.29. The summed E-state index contributed by atoms with van der Waals surface area (Å²) in [6.07, 6.45) is 1.24. The van der Waals surface area contributed by atoms with Crippen LogP contribution in [0.2, 0.25) is 0 Å². The first-order chi connectivity index (χ1) is 9.22. The molecule has 2 rings (SSSR count). The zero-order valence-corrected chi connectivity index (χ0v) is 10.2. The number of benzene rings is 1. The predicted molar refractivity (Wildman–Crippen MR) is 71.4 cm³/mol. The van der Waals surface area contributed by atoms with E-state index in [1.54, 1.807) is 24.3 Å². The Morgan fingerprint density at radius 1 is 1.21 bits per heavy atom. The van der Waals surface area contributed by atoms with Crippen LogP contribution >= 0.6 is 0 Å². The standard InChI is InChI=1S/C14H14N2O3/c17-8-7-10-1-3-11(4-2-10)16-14(19)13-6-5-12(9-18)15-13/h1-6,9,15,17H,7-8H2,(H,16,19). The zero-order valence-electron chi connectivity index (χ0n) is 10.2. The third-order valence-electron chi connectivity index (χ3n) is 2.69. The monoisotopic (exact) mass is 258 g/mol. The number of hydrogen-bond acceptors (Lipinski definition) is 3. The summed E-state index contributed by atoms with van der Waals surface area (Å²) in [5.41, 5.74) is 2.36. The first kappa shape index (κ1) is 13.0. The highest BCUT2D eigenvalue weighted by atomic mass is 16.3. The van der Waals surface area contributed by atoms with Gasteiger partial charge in [-0.2, -0.15) is 0 Å². The van der Waals surface area contributed by atoms with E-state index in [0.29, 0.717) is 29.8 Å². The van der Waals surface area contributed by atoms with Gasteiger partial charge in [0.05, 0.1) is 5.69 Å². The van der Waals surface area contributed by atoms with Crippen molar-refractivity contribution in [2.24, 2.45) is 0 Å². The number of hydrogen-bond donors (Lipinski definition) is 3. The summed E-state index contributed by atoms with van der Waals surface area (Å²) in [5.74, 6) is -0.303. The van der Waals surface area contributed by atoms with Crippen LogP contribution < -0.4 is 5.32 Å². The van der Waals surface area contributed by atoms with Crippen LogP contribution in [-0.4, -0.2) is 28.9 Å². The molecule has 19 heavy (non-hydrogen) atoms. The first-order valence-corrected chi connectivity index (χ1v) is 5.88. The molecule has 1 aromatic carbocycles. The maximum absolute atomic E-state index is 11.9. The summed E-state index contributed by atoms with van der Waals surface area (Å²) in [5, 5.41) is 11.5. The van der Waals surface area contributed by atoms with Gasteiger partial charge in [0, 0.05) is 12.3 Å². The van der Waals surface area contributed by atoms with Crippen molar-refractivity contribution in [3.8, 4) is 0 Å². The molecule has 0 saturated carbocycles. The normalized spacial score (nSPS) is 10.2. The van der Waals surface area contributed by atoms with Gasteiger partial charge >= 0.3 is 0 Å². The Bertz CT molecular complexity index is 573. The van der Waals surface area contributed by atoms with Crippen LogP contribution in [0.4, 0.5) is 5.69 Å². The van der Waals surface area contributed by atoms with Crippen molar-refractivity contribution in [3.63, 3.8) is 0 Å². The molecule has 0 saturated heterocycles. The van der Waals surface area contributed by atoms with E-state index in [2.05, 4.69) is 10.3 Å². The van der Waals surface area contributed by atoms with Gasteiger partial charge in [-0.05, 0) is 36.2 Å². The summed E-state index contributed by atoms with van der Waals surface area (Å²) in [4.78, 5) is 25.1. The molecule has 0 aliphatic carbocycles. The lowest BCUT2D eigenvalue weighted by atomic mass is 10.1. The summed E-state index contributed by atoms with van der Waals surface area (Å²) < 4.78 is 0. The van der Waals surface area contributed by atoms with Gasteiger partial charge in [-0.1, -0.05) is 12.1 Å². The molecular formula is C14H14N2O3. The van der Waals surface area contributed by atoms with E-state index in [0.717, 1.165) is 5.56 Å². The topological polar surface area (TPSA) is 82.2 Å². The quantitative estimate of drug-likeness (QED) is 0.713. The fraction of sp³-hybridized carbons (Fsp3) is 0.143. The van der Waals surface area contributed by atoms with Crippen LogP contribution in [0.15, 0.2) is 36.4 Å². The fourth-order valence-corrected chi connectivity index (χ4v) is 1.70. The SMILES string of the molecule is O=Cc1ccc(C(=O)Nc2ccc(CCO)cc2)[nH]1. The molecule has 1 aromatic heterocycles. The van der Waals surface area contributed by atoms with Crippen molar-refractivity contribution in [2.75, 3.05) is 11.9 Å². The number of aliphatic hydroxyl groups excluding tert-OH is 1. The highest BCUT2D eigenvalue weighted by Gasteiger charge is 2.08. The molecule has 98 valence electrons. The van der Waals surface area contributed by atoms with Crippen LogP contribution in [0.25, 0.3) is 0 Å². The highest BCUT2D eigenvalue weighted by molar-refractivity contribution is 6.03. The van der Waals surface area contributed by atoms with E-state index in [9.17, 15) is 9.59 Å². The second-order valence-electron chi connectivity index (χ2n) is 4.07. The molecule has 1 amide bonds. The van der Waals surface area contributed by atoms with Gasteiger partial charge < -0.3 is 15.4 Å². The Morgan fingerprint density at radius 2 is 1.95 bits per heavy atom. The van der Waals surface area contributed by atoms with E-state index in [1.165, 1.54) is 0 Å². The largest absolute Gasteiger partial charge is 0.396 e. The lowest BCUT2D eigenvalue weighted by Gasteiger charge is -2.05. The van der Waals surface area contributed by atoms with Crippen molar-refractivity contribution in [1.29, 1.82) is 0 Å². The molecule has 0 aliphatic rings. The molecule has 5 nitrogen and oxygen atoms in total. The minimum Gasteiger partial charge on any atom is -0.396 e. The van der Waals surface area contributed by atoms with Crippen LogP contribution in [0.1, 0.15) is 26.5 Å². The Labute approximate surface area is 110 Å². The number of aliphatic hydroxyl groups is 1. The number of rotatable bonds is 5. The van der Waals surface area contributed by atoms with Crippen LogP contribution in [0.3, 0.4) is 0 Å². The second-order valence-corrected chi connectivity index (χ2v) is 4.07. The Hall–Kier alpha value is -2.40. The molecular weight excluding hydrogens is 244 g/mol. The van der Waals surface area contributed by atoms with Crippen LogP contribution in [-0.2, 0) is 6.42 Å². The molecule has 0 spiro atoms. The summed E-state index contributed by atoms with van der Waals surface area (Å²) in [6, 6.07) is 10.3. The Morgan fingerprint density at radius 3 is 2.53 bits per heavy atom. The van der Waals surface area contributed by atoms with Gasteiger partial charge in [-0.15, -0.1) is 0 Å². The van der Waals surface area contributed by atoms with Crippen molar-refractivity contribution < 1.29 is 14.7 Å². The maximum atomic E-state index is 11.9. The van der Waals surface area contributed by atoms with Crippen molar-refractivity contribution >= 4 is 17.9 Å². The highest BCUT2D eigenvalue weighted by Crippen LogP contribution is 2.11. The smallest absolute Gasteiger partial charge is 0.272 e. The number of anilines is 1. The van der Waals surface area contributed by atoms with E-state index < -0.39 is 0 Å². The van der Waals surface area contributed by atoms with E-state index >= 15 is 0 Å². The predicted octanol–water partition coefficient (Wildman–Crippen LogP) is 1.61. The van der Waals surface area contributed by atoms with Crippen LogP contribution in [0.5, 0.6) is 0 Å². The molecule has 1 heterocycles. The molecule has 2 aromatic rings. The summed E-state index contributed by atoms with van der Waals surface area (Å²) in [6.45, 7) is 0.0999. The Kier molecular flexibility index (Phi) is 4.10. The number of aromatic nitrogens is 1. The third-order valence-corrected chi connectivity index (χ3v) is 2.69. The molecule has 0 fully saturated rings. The Balaban J connectivity index is 2.03. The average Bonchev–Trinajstić information content (AvgIpc) is 2.90. The maximum Gasteiger partial charge on any atom is 0.272 e. The number of aldehydes is 1. The van der Waals surface area contributed by atoms with Gasteiger partial charge in [-0.3, -0.25) is 9.59 Å². The molecule has 3 N–H and O–H groups in total. The zero-order chi connectivity index (χ0) is 13.7. The molecule has 5 heteroatoms. The van der Waals surface area contributed by atoms with Gasteiger partial charge in [0.15, 0.2) is 6.29 Å². The molecule has 0 aliphatic heterocycles. The number of carbonyl (C=O) groups is 2. The van der Waals surface area contributed by atoms with Gasteiger partial charge in [0.25, 0.3) is 5.91 Å². The van der Waals surface area contributed by atoms with E-state index in [4.69, 9.17) is 5.11 Å². The van der Waals surface area contributed by atoms with E-state index in [1.807, 2.05) is 12.1 Å². The molecule has 0 bridgehead atoms. The summed E-state index contributed by atoms with van der Waals surface area (Å²) in [7, 11) is 0. The molecule has 0 atom stereocenters. The minimum absolute atomic E-state index is 0.0999. The lowest BCUT2D eigenvalue weighted by molar-refractivity contribution is 0.102.